The molecule has 0 fully saturated rings. The molecule has 2 heterocycles. The monoisotopic (exact) mass is 216 g/mol. The Morgan fingerprint density at radius 1 is 1.25 bits per heavy atom. The van der Waals surface area contributed by atoms with Gasteiger partial charge in [-0.15, -0.1) is 10.2 Å². The fourth-order valence-electron chi connectivity index (χ4n) is 1.34. The van der Waals surface area contributed by atoms with Crippen molar-refractivity contribution in [2.75, 3.05) is 7.11 Å². The van der Waals surface area contributed by atoms with Crippen LogP contribution in [0, 0.1) is 0 Å². The number of methoxy groups -OCH3 is 1. The van der Waals surface area contributed by atoms with Gasteiger partial charge >= 0.3 is 0 Å². The lowest BCUT2D eigenvalue weighted by atomic mass is 10.1. The number of aromatic nitrogens is 3. The molecule has 0 bridgehead atoms. The van der Waals surface area contributed by atoms with E-state index in [0.29, 0.717) is 11.6 Å². The summed E-state index contributed by atoms with van der Waals surface area (Å²) in [5.74, 6) is 0.474. The lowest BCUT2D eigenvalue weighted by Crippen LogP contribution is -2.14. The first-order chi connectivity index (χ1) is 7.81. The Morgan fingerprint density at radius 3 is 2.69 bits per heavy atom. The van der Waals surface area contributed by atoms with Crippen LogP contribution in [0.3, 0.4) is 0 Å². The van der Waals surface area contributed by atoms with Crippen molar-refractivity contribution < 1.29 is 4.74 Å². The van der Waals surface area contributed by atoms with Gasteiger partial charge in [0.2, 0.25) is 5.88 Å². The van der Waals surface area contributed by atoms with Crippen molar-refractivity contribution in [1.82, 2.24) is 15.2 Å². The molecule has 5 nitrogen and oxygen atoms in total. The van der Waals surface area contributed by atoms with E-state index in [4.69, 9.17) is 10.5 Å². The summed E-state index contributed by atoms with van der Waals surface area (Å²) in [6.45, 7) is 0. The van der Waals surface area contributed by atoms with Crippen LogP contribution < -0.4 is 10.5 Å². The van der Waals surface area contributed by atoms with Crippen molar-refractivity contribution in [3.8, 4) is 5.88 Å². The zero-order valence-corrected chi connectivity index (χ0v) is 8.87. The van der Waals surface area contributed by atoms with Crippen LogP contribution in [0.5, 0.6) is 5.88 Å². The van der Waals surface area contributed by atoms with E-state index in [1.54, 1.807) is 31.6 Å². The highest BCUT2D eigenvalue weighted by Gasteiger charge is 2.10. The molecule has 0 saturated carbocycles. The molecule has 0 aromatic carbocycles. The summed E-state index contributed by atoms with van der Waals surface area (Å²) in [6, 6.07) is 6.96. The van der Waals surface area contributed by atoms with Crippen LogP contribution in [-0.4, -0.2) is 22.3 Å². The van der Waals surface area contributed by atoms with Crippen molar-refractivity contribution in [3.63, 3.8) is 0 Å². The standard InChI is InChI=1S/C11H12N4O/c1-16-10-5-4-9(14-15-10)11(12)8-3-2-6-13-7-8/h2-7,11H,12H2,1H3. The predicted molar refractivity (Wildman–Crippen MR) is 58.9 cm³/mol. The fourth-order valence-corrected chi connectivity index (χ4v) is 1.34. The SMILES string of the molecule is COc1ccc(C(N)c2cccnc2)nn1. The maximum absolute atomic E-state index is 6.02. The number of nitrogens with two attached hydrogens (primary N) is 1. The maximum atomic E-state index is 6.02. The highest BCUT2D eigenvalue weighted by molar-refractivity contribution is 5.24. The zero-order valence-electron chi connectivity index (χ0n) is 8.87. The van der Waals surface area contributed by atoms with Gasteiger partial charge in [-0.05, 0) is 17.7 Å². The smallest absolute Gasteiger partial charge is 0.233 e. The number of pyridine rings is 1. The summed E-state index contributed by atoms with van der Waals surface area (Å²) in [6.07, 6.45) is 3.42. The summed E-state index contributed by atoms with van der Waals surface area (Å²) < 4.78 is 4.93. The molecular weight excluding hydrogens is 204 g/mol. The molecule has 0 aliphatic rings. The molecule has 2 rings (SSSR count). The second kappa shape index (κ2) is 4.67. The van der Waals surface area contributed by atoms with Gasteiger partial charge in [0, 0.05) is 18.5 Å². The molecule has 0 spiro atoms. The van der Waals surface area contributed by atoms with Gasteiger partial charge in [0.1, 0.15) is 0 Å². The van der Waals surface area contributed by atoms with E-state index in [0.717, 1.165) is 5.56 Å². The van der Waals surface area contributed by atoms with Crippen molar-refractivity contribution in [1.29, 1.82) is 0 Å². The molecule has 16 heavy (non-hydrogen) atoms. The third-order valence-corrected chi connectivity index (χ3v) is 2.23. The minimum absolute atomic E-state index is 0.313. The van der Waals surface area contributed by atoms with Crippen LogP contribution in [0.4, 0.5) is 0 Å². The molecule has 0 radical (unpaired) electrons. The summed E-state index contributed by atoms with van der Waals surface area (Å²) >= 11 is 0. The Hall–Kier alpha value is -2.01. The number of hydrogen-bond donors (Lipinski definition) is 1. The Bertz CT molecular complexity index is 443. The summed E-state index contributed by atoms with van der Waals surface area (Å²) in [4.78, 5) is 4.01. The van der Waals surface area contributed by atoms with Crippen molar-refractivity contribution in [2.24, 2.45) is 5.73 Å². The van der Waals surface area contributed by atoms with E-state index in [-0.39, 0.29) is 6.04 Å². The minimum atomic E-state index is -0.313. The van der Waals surface area contributed by atoms with E-state index in [1.165, 1.54) is 0 Å². The second-order valence-electron chi connectivity index (χ2n) is 3.26. The van der Waals surface area contributed by atoms with Crippen LogP contribution in [0.25, 0.3) is 0 Å². The number of hydrogen-bond acceptors (Lipinski definition) is 5. The quantitative estimate of drug-likeness (QED) is 0.826. The Morgan fingerprint density at radius 2 is 2.12 bits per heavy atom. The van der Waals surface area contributed by atoms with Gasteiger partial charge in [-0.1, -0.05) is 6.07 Å². The molecule has 0 saturated heterocycles. The third kappa shape index (κ3) is 2.14. The topological polar surface area (TPSA) is 73.9 Å². The van der Waals surface area contributed by atoms with E-state index >= 15 is 0 Å². The number of nitrogens with zero attached hydrogens (tertiary/aromatic N) is 3. The molecule has 2 aromatic heterocycles. The molecule has 82 valence electrons. The van der Waals surface area contributed by atoms with Crippen LogP contribution in [0.2, 0.25) is 0 Å². The van der Waals surface area contributed by atoms with Crippen LogP contribution >= 0.6 is 0 Å². The first-order valence-corrected chi connectivity index (χ1v) is 4.84. The zero-order chi connectivity index (χ0) is 11.4. The largest absolute Gasteiger partial charge is 0.480 e. The highest BCUT2D eigenvalue weighted by atomic mass is 16.5. The normalized spacial score (nSPS) is 12.1. The number of rotatable bonds is 3. The van der Waals surface area contributed by atoms with Gasteiger partial charge in [-0.2, -0.15) is 0 Å². The average Bonchev–Trinajstić information content (AvgIpc) is 2.39. The van der Waals surface area contributed by atoms with E-state index in [9.17, 15) is 0 Å². The summed E-state index contributed by atoms with van der Waals surface area (Å²) in [5, 5.41) is 7.87. The molecule has 0 aliphatic carbocycles. The molecule has 0 amide bonds. The molecule has 0 aliphatic heterocycles. The number of ether oxygens (including phenoxy) is 1. The Balaban J connectivity index is 2.24. The van der Waals surface area contributed by atoms with Crippen LogP contribution in [-0.2, 0) is 0 Å². The van der Waals surface area contributed by atoms with Crippen molar-refractivity contribution in [2.45, 2.75) is 6.04 Å². The third-order valence-electron chi connectivity index (χ3n) is 2.23. The lowest BCUT2D eigenvalue weighted by Gasteiger charge is -2.10. The fraction of sp³-hybridized carbons (Fsp3) is 0.182. The van der Waals surface area contributed by atoms with E-state index in [2.05, 4.69) is 15.2 Å². The Kier molecular flexibility index (Phi) is 3.07. The maximum Gasteiger partial charge on any atom is 0.233 e. The molecule has 1 unspecified atom stereocenters. The van der Waals surface area contributed by atoms with Crippen molar-refractivity contribution >= 4 is 0 Å². The predicted octanol–water partition coefficient (Wildman–Crippen LogP) is 0.928. The summed E-state index contributed by atoms with van der Waals surface area (Å²) in [7, 11) is 1.55. The van der Waals surface area contributed by atoms with E-state index in [1.807, 2.05) is 12.1 Å². The minimum Gasteiger partial charge on any atom is -0.480 e. The molecule has 2 N–H and O–H groups in total. The molecule has 1 atom stereocenters. The van der Waals surface area contributed by atoms with Gasteiger partial charge in [0.25, 0.3) is 0 Å². The van der Waals surface area contributed by atoms with Gasteiger partial charge in [0.05, 0.1) is 18.8 Å². The Labute approximate surface area is 93.3 Å². The highest BCUT2D eigenvalue weighted by Crippen LogP contribution is 2.16. The van der Waals surface area contributed by atoms with Crippen LogP contribution in [0.15, 0.2) is 36.7 Å². The van der Waals surface area contributed by atoms with Crippen molar-refractivity contribution in [3.05, 3.63) is 47.9 Å². The van der Waals surface area contributed by atoms with Gasteiger partial charge in [0.15, 0.2) is 0 Å². The molecule has 5 heteroatoms. The summed E-state index contributed by atoms with van der Waals surface area (Å²) in [5.41, 5.74) is 7.62. The van der Waals surface area contributed by atoms with Gasteiger partial charge in [-0.3, -0.25) is 4.98 Å². The second-order valence-corrected chi connectivity index (χ2v) is 3.26. The average molecular weight is 216 g/mol. The molecule has 2 aromatic rings. The lowest BCUT2D eigenvalue weighted by molar-refractivity contribution is 0.390. The molecular formula is C11H12N4O. The van der Waals surface area contributed by atoms with E-state index < -0.39 is 0 Å². The van der Waals surface area contributed by atoms with Gasteiger partial charge in [-0.25, -0.2) is 0 Å². The first-order valence-electron chi connectivity index (χ1n) is 4.84. The van der Waals surface area contributed by atoms with Crippen LogP contribution in [0.1, 0.15) is 17.3 Å². The van der Waals surface area contributed by atoms with Gasteiger partial charge < -0.3 is 10.5 Å². The first kappa shape index (κ1) is 10.5.